The van der Waals surface area contributed by atoms with Crippen LogP contribution in [0, 0.1) is 0 Å². The molecule has 0 saturated carbocycles. The minimum Gasteiger partial charge on any atom is -0.744 e. The van der Waals surface area contributed by atoms with Crippen LogP contribution in [0.2, 0.25) is 0 Å². The Balaban J connectivity index is 1.54. The zero-order chi connectivity index (χ0) is 53.5. The molecule has 2 aromatic rings. The third kappa shape index (κ3) is 16.6. The molecule has 0 aromatic heterocycles. The van der Waals surface area contributed by atoms with Crippen molar-refractivity contribution in [1.82, 2.24) is 0 Å². The van der Waals surface area contributed by atoms with Crippen LogP contribution in [0.4, 0.5) is 11.4 Å². The van der Waals surface area contributed by atoms with Gasteiger partial charge in [-0.25, -0.2) is 16.8 Å². The van der Waals surface area contributed by atoms with Crippen molar-refractivity contribution in [1.29, 1.82) is 0 Å². The van der Waals surface area contributed by atoms with E-state index in [4.69, 9.17) is 33.2 Å². The Morgan fingerprint density at radius 1 is 0.726 bits per heavy atom. The predicted molar refractivity (Wildman–Crippen MR) is 274 cm³/mol. The molecule has 73 heavy (non-hydrogen) atoms. The molecule has 0 bridgehead atoms. The average molecular weight is 1060 g/mol. The minimum atomic E-state index is -4.73. The molecule has 1 aliphatic carbocycles. The molecular formula is C53H77N3O15S2. The lowest BCUT2D eigenvalue weighted by atomic mass is 9.81. The second-order valence-electron chi connectivity index (χ2n) is 20.0. The highest BCUT2D eigenvalue weighted by Crippen LogP contribution is 2.49. The Morgan fingerprint density at radius 3 is 1.92 bits per heavy atom. The van der Waals surface area contributed by atoms with Crippen LogP contribution in [-0.2, 0) is 69.0 Å². The number of benzene rings is 2. The van der Waals surface area contributed by atoms with Crippen molar-refractivity contribution in [2.75, 3.05) is 132 Å². The number of fused-ring (bicyclic) bond motifs is 2. The van der Waals surface area contributed by atoms with Crippen molar-refractivity contribution >= 4 is 43.3 Å². The molecule has 0 fully saturated rings. The van der Waals surface area contributed by atoms with Crippen molar-refractivity contribution in [2.24, 2.45) is 0 Å². The van der Waals surface area contributed by atoms with E-state index in [0.29, 0.717) is 134 Å². The molecule has 0 saturated heterocycles. The van der Waals surface area contributed by atoms with E-state index in [1.165, 1.54) is 24.3 Å². The van der Waals surface area contributed by atoms with Crippen LogP contribution in [0.15, 0.2) is 93.1 Å². The van der Waals surface area contributed by atoms with Crippen LogP contribution in [-0.4, -0.2) is 179 Å². The van der Waals surface area contributed by atoms with Gasteiger partial charge in [-0.15, -0.1) is 0 Å². The molecule has 18 nitrogen and oxygen atoms in total. The fourth-order valence-electron chi connectivity index (χ4n) is 9.54. The number of hydrogen-bond acceptors (Lipinski definition) is 15. The molecule has 0 amide bonds. The molecule has 5 rings (SSSR count). The molecule has 1 N–H and O–H groups in total. The monoisotopic (exact) mass is 1060 g/mol. The van der Waals surface area contributed by atoms with Crippen LogP contribution in [0.5, 0.6) is 0 Å². The molecule has 0 radical (unpaired) electrons. The largest absolute Gasteiger partial charge is 0.744 e. The summed E-state index contributed by atoms with van der Waals surface area (Å²) in [4.78, 5) is 12.7. The van der Waals surface area contributed by atoms with E-state index < -0.39 is 37.0 Å². The topological polar surface area (TPSA) is 223 Å². The third-order valence-corrected chi connectivity index (χ3v) is 15.2. The number of methoxy groups -OCH3 is 2. The van der Waals surface area contributed by atoms with E-state index in [2.05, 4.69) is 35.7 Å². The van der Waals surface area contributed by atoms with Gasteiger partial charge in [0.25, 0.3) is 0 Å². The second kappa shape index (κ2) is 26.9. The summed E-state index contributed by atoms with van der Waals surface area (Å²) >= 11 is 0. The number of carboxylic acids is 1. The van der Waals surface area contributed by atoms with Gasteiger partial charge in [-0.1, -0.05) is 19.9 Å². The van der Waals surface area contributed by atoms with Crippen LogP contribution >= 0.6 is 0 Å². The summed E-state index contributed by atoms with van der Waals surface area (Å²) in [6, 6.07) is 8.99. The first-order valence-corrected chi connectivity index (χ1v) is 27.8. The Labute approximate surface area is 433 Å². The lowest BCUT2D eigenvalue weighted by molar-refractivity contribution is -0.890. The van der Waals surface area contributed by atoms with Crippen LogP contribution in [0.25, 0.3) is 0 Å². The van der Waals surface area contributed by atoms with Crippen molar-refractivity contribution in [3.8, 4) is 0 Å². The lowest BCUT2D eigenvalue weighted by Crippen LogP contribution is -2.41. The molecule has 2 heterocycles. The number of hydrogen-bond donors (Lipinski definition) is 1. The van der Waals surface area contributed by atoms with Crippen molar-refractivity contribution in [2.45, 2.75) is 86.8 Å². The SMILES string of the molecule is COCCOCCOCCN1C(=C/C=C2\CCCC(/C=C/C3=[N+](CCOCCOCCOC)c4ccc(S(=O)(=O)[O-])cc4C3(C)C)=C2OCCC[N+](C)(C)CCCC(=O)O)C(C)(C)c2cc(S(=O)(=O)[O-])ccc21. The smallest absolute Gasteiger partial charge is 0.303 e. The molecule has 3 aliphatic rings. The number of carbonyl (C=O) groups is 1. The van der Waals surface area contributed by atoms with Gasteiger partial charge in [-0.05, 0) is 92.3 Å². The third-order valence-electron chi connectivity index (χ3n) is 13.5. The maximum atomic E-state index is 12.3. The Bertz CT molecular complexity index is 2600. The molecule has 2 aromatic carbocycles. The lowest BCUT2D eigenvalue weighted by Gasteiger charge is -2.30. The zero-order valence-electron chi connectivity index (χ0n) is 43.9. The number of anilines is 1. The Kier molecular flexibility index (Phi) is 22.0. The van der Waals surface area contributed by atoms with E-state index in [9.17, 15) is 35.8 Å². The maximum Gasteiger partial charge on any atom is 0.303 e. The van der Waals surface area contributed by atoms with Gasteiger partial charge in [0.05, 0.1) is 115 Å². The highest BCUT2D eigenvalue weighted by Gasteiger charge is 2.45. The van der Waals surface area contributed by atoms with Gasteiger partial charge in [0.1, 0.15) is 32.6 Å². The number of quaternary nitrogens is 1. The first-order chi connectivity index (χ1) is 34.5. The van der Waals surface area contributed by atoms with E-state index in [-0.39, 0.29) is 16.2 Å². The summed E-state index contributed by atoms with van der Waals surface area (Å²) in [5.41, 5.74) is 5.14. The first-order valence-electron chi connectivity index (χ1n) is 24.9. The summed E-state index contributed by atoms with van der Waals surface area (Å²) in [7, 11) is -2.07. The summed E-state index contributed by atoms with van der Waals surface area (Å²) in [6.07, 6.45) is 11.8. The normalized spacial score (nSPS) is 17.9. The fourth-order valence-corrected chi connectivity index (χ4v) is 10.5. The van der Waals surface area contributed by atoms with Crippen molar-refractivity contribution in [3.63, 3.8) is 0 Å². The maximum absolute atomic E-state index is 12.3. The standard InChI is InChI=1S/C53H77N3O15S2/c1-52(2)44-38-42(72(59,60)61)17-19-46(44)54(23-28-67-34-36-69-32-30-65-7)48(52)21-15-40-12-9-13-41(51(40)71-27-11-26-56(5,6)25-10-14-50(57)58)16-22-49-53(3,4)45-39-43(73(62,63)64)18-20-47(45)55(49)24-29-68-35-37-70-33-31-66-8/h15-22,38-39H,9-14,23-37H2,1-8H3,(H-2,57,58,59,60,61,62,63,64). The number of aliphatic carboxylic acids is 1. The van der Waals surface area contributed by atoms with Crippen molar-refractivity contribution in [3.05, 3.63) is 94.4 Å². The molecule has 406 valence electrons. The number of rotatable bonds is 32. The van der Waals surface area contributed by atoms with Gasteiger partial charge in [0.15, 0.2) is 12.3 Å². The van der Waals surface area contributed by atoms with Crippen LogP contribution < -0.4 is 4.90 Å². The number of allylic oxidation sites excluding steroid dienone is 7. The van der Waals surface area contributed by atoms with E-state index in [0.717, 1.165) is 52.7 Å². The molecule has 2 aliphatic heterocycles. The van der Waals surface area contributed by atoms with Gasteiger partial charge in [0.2, 0.25) is 5.69 Å². The summed E-state index contributed by atoms with van der Waals surface area (Å²) in [6.45, 7) is 14.8. The van der Waals surface area contributed by atoms with Gasteiger partial charge in [-0.3, -0.25) is 4.79 Å². The molecule has 0 atom stereocenters. The minimum absolute atomic E-state index is 0.106. The number of carboxylic acid groups (broad SMARTS) is 1. The highest BCUT2D eigenvalue weighted by atomic mass is 32.2. The van der Waals surface area contributed by atoms with Gasteiger partial charge >= 0.3 is 5.97 Å². The summed E-state index contributed by atoms with van der Waals surface area (Å²) in [5, 5.41) is 9.23. The second-order valence-corrected chi connectivity index (χ2v) is 22.8. The van der Waals surface area contributed by atoms with E-state index in [1.807, 2.05) is 39.8 Å². The highest BCUT2D eigenvalue weighted by molar-refractivity contribution is 7.86. The quantitative estimate of drug-likeness (QED) is 0.0374. The first kappa shape index (κ1) is 59.6. The molecular weight excluding hydrogens is 983 g/mol. The predicted octanol–water partition coefficient (Wildman–Crippen LogP) is 6.18. The van der Waals surface area contributed by atoms with Gasteiger partial charge in [0, 0.05) is 68.1 Å². The van der Waals surface area contributed by atoms with Gasteiger partial charge < -0.3 is 56.8 Å². The van der Waals surface area contributed by atoms with Crippen LogP contribution in [0.3, 0.4) is 0 Å². The molecule has 20 heteroatoms. The summed E-state index contributed by atoms with van der Waals surface area (Å²) < 4.78 is 116. The number of nitrogens with zero attached hydrogens (tertiary/aromatic N) is 3. The Hall–Kier alpha value is -4.32. The Morgan fingerprint density at radius 2 is 1.30 bits per heavy atom. The fraction of sp³-hybridized carbons (Fsp3) is 0.585. The molecule has 0 unspecified atom stereocenters. The van der Waals surface area contributed by atoms with Crippen molar-refractivity contribution < 1.29 is 78.1 Å². The summed E-state index contributed by atoms with van der Waals surface area (Å²) in [5.74, 6) is -0.0912. The average Bonchev–Trinajstić information content (AvgIpc) is 3.67. The van der Waals surface area contributed by atoms with Gasteiger partial charge in [-0.2, -0.15) is 4.58 Å². The molecule has 0 spiro atoms. The number of ether oxygens (including phenoxy) is 7. The van der Waals surface area contributed by atoms with Crippen LogP contribution in [0.1, 0.15) is 77.3 Å². The van der Waals surface area contributed by atoms with E-state index in [1.54, 1.807) is 26.4 Å². The zero-order valence-corrected chi connectivity index (χ0v) is 45.6. The van der Waals surface area contributed by atoms with E-state index >= 15 is 0 Å².